The molecule has 1 aromatic carbocycles. The number of likely N-dealkylation sites (N-methyl/N-ethyl adjacent to an activating group) is 1. The van der Waals surface area contributed by atoms with Gasteiger partial charge < -0.3 is 15.6 Å². The Bertz CT molecular complexity index is 345. The molecular formula is C13H21BrN2O2. The minimum atomic E-state index is -0.496. The number of aliphatic hydroxyl groups is 1. The number of nitrogens with two attached hydrogens (primary N) is 1. The standard InChI is InChI=1S/C13H21BrN2O2/c1-16(8-12(17)9-18-2)13(7-15)10-3-5-11(14)6-4-10/h3-6,12-13,17H,7-9,15H2,1-2H3. The Kier molecular flexibility index (Phi) is 6.81. The Morgan fingerprint density at radius 3 is 2.50 bits per heavy atom. The average Bonchev–Trinajstić information content (AvgIpc) is 2.32. The van der Waals surface area contributed by atoms with Crippen LogP contribution >= 0.6 is 15.9 Å². The van der Waals surface area contributed by atoms with Crippen molar-refractivity contribution in [2.24, 2.45) is 5.73 Å². The third-order valence-corrected chi connectivity index (χ3v) is 3.40. The van der Waals surface area contributed by atoms with Gasteiger partial charge in [0.1, 0.15) is 0 Å². The van der Waals surface area contributed by atoms with E-state index in [1.54, 1.807) is 7.11 Å². The van der Waals surface area contributed by atoms with Crippen LogP contribution in [0, 0.1) is 0 Å². The molecule has 5 heteroatoms. The molecule has 3 N–H and O–H groups in total. The van der Waals surface area contributed by atoms with Crippen LogP contribution in [0.15, 0.2) is 28.7 Å². The van der Waals surface area contributed by atoms with Crippen molar-refractivity contribution >= 4 is 15.9 Å². The van der Waals surface area contributed by atoms with Gasteiger partial charge in [0.2, 0.25) is 0 Å². The highest BCUT2D eigenvalue weighted by molar-refractivity contribution is 9.10. The Balaban J connectivity index is 2.67. The summed E-state index contributed by atoms with van der Waals surface area (Å²) >= 11 is 3.41. The van der Waals surface area contributed by atoms with Crippen molar-refractivity contribution in [1.29, 1.82) is 0 Å². The average molecular weight is 317 g/mol. The Labute approximate surface area is 117 Å². The van der Waals surface area contributed by atoms with Gasteiger partial charge in [0.05, 0.1) is 12.7 Å². The van der Waals surface area contributed by atoms with E-state index in [9.17, 15) is 5.11 Å². The second kappa shape index (κ2) is 7.86. The highest BCUT2D eigenvalue weighted by atomic mass is 79.9. The Morgan fingerprint density at radius 1 is 1.39 bits per heavy atom. The number of methoxy groups -OCH3 is 1. The minimum absolute atomic E-state index is 0.101. The first-order valence-corrected chi connectivity index (χ1v) is 6.70. The molecule has 0 aromatic heterocycles. The fraction of sp³-hybridized carbons (Fsp3) is 0.538. The number of hydrogen-bond acceptors (Lipinski definition) is 4. The summed E-state index contributed by atoms with van der Waals surface area (Å²) in [5, 5.41) is 9.74. The quantitative estimate of drug-likeness (QED) is 0.798. The summed E-state index contributed by atoms with van der Waals surface area (Å²) in [7, 11) is 3.54. The molecule has 2 atom stereocenters. The molecule has 0 aliphatic carbocycles. The van der Waals surface area contributed by atoms with E-state index in [0.29, 0.717) is 19.7 Å². The minimum Gasteiger partial charge on any atom is -0.389 e. The van der Waals surface area contributed by atoms with E-state index < -0.39 is 6.10 Å². The summed E-state index contributed by atoms with van der Waals surface area (Å²) in [4.78, 5) is 2.05. The molecule has 0 aliphatic heterocycles. The molecule has 0 spiro atoms. The predicted octanol–water partition coefficient (Wildman–Crippen LogP) is 1.39. The normalized spacial score (nSPS) is 14.8. The highest BCUT2D eigenvalue weighted by Crippen LogP contribution is 2.20. The lowest BCUT2D eigenvalue weighted by atomic mass is 10.1. The van der Waals surface area contributed by atoms with E-state index in [-0.39, 0.29) is 6.04 Å². The Hall–Kier alpha value is -0.460. The monoisotopic (exact) mass is 316 g/mol. The first-order chi connectivity index (χ1) is 8.58. The predicted molar refractivity (Wildman–Crippen MR) is 76.5 cm³/mol. The molecular weight excluding hydrogens is 296 g/mol. The van der Waals surface area contributed by atoms with Gasteiger partial charge >= 0.3 is 0 Å². The van der Waals surface area contributed by atoms with Gasteiger partial charge in [-0.05, 0) is 24.7 Å². The van der Waals surface area contributed by atoms with E-state index in [1.807, 2.05) is 36.2 Å². The Morgan fingerprint density at radius 2 is 2.00 bits per heavy atom. The maximum absolute atomic E-state index is 9.74. The van der Waals surface area contributed by atoms with Crippen LogP contribution in [0.1, 0.15) is 11.6 Å². The first kappa shape index (κ1) is 15.6. The van der Waals surface area contributed by atoms with Gasteiger partial charge in [-0.15, -0.1) is 0 Å². The van der Waals surface area contributed by atoms with Crippen LogP contribution in [-0.2, 0) is 4.74 Å². The van der Waals surface area contributed by atoms with Crippen LogP contribution in [0.25, 0.3) is 0 Å². The largest absolute Gasteiger partial charge is 0.389 e. The van der Waals surface area contributed by atoms with Crippen molar-refractivity contribution in [2.45, 2.75) is 12.1 Å². The summed E-state index contributed by atoms with van der Waals surface area (Å²) in [5.74, 6) is 0. The van der Waals surface area contributed by atoms with Crippen molar-refractivity contribution in [3.8, 4) is 0 Å². The van der Waals surface area contributed by atoms with Crippen LogP contribution in [-0.4, -0.2) is 50.0 Å². The number of ether oxygens (including phenoxy) is 1. The smallest absolute Gasteiger partial charge is 0.0900 e. The number of rotatable bonds is 7. The molecule has 0 heterocycles. The molecule has 2 unspecified atom stereocenters. The summed E-state index contributed by atoms with van der Waals surface area (Å²) in [6.07, 6.45) is -0.496. The second-order valence-electron chi connectivity index (χ2n) is 4.35. The van der Waals surface area contributed by atoms with Crippen LogP contribution in [0.5, 0.6) is 0 Å². The zero-order chi connectivity index (χ0) is 13.5. The molecule has 1 aromatic rings. The summed E-state index contributed by atoms with van der Waals surface area (Å²) in [6.45, 7) is 1.38. The van der Waals surface area contributed by atoms with E-state index in [0.717, 1.165) is 10.0 Å². The van der Waals surface area contributed by atoms with E-state index in [2.05, 4.69) is 15.9 Å². The van der Waals surface area contributed by atoms with Crippen LogP contribution in [0.3, 0.4) is 0 Å². The van der Waals surface area contributed by atoms with Gasteiger partial charge in [-0.2, -0.15) is 0 Å². The third-order valence-electron chi connectivity index (χ3n) is 2.87. The van der Waals surface area contributed by atoms with Crippen molar-refractivity contribution in [3.05, 3.63) is 34.3 Å². The van der Waals surface area contributed by atoms with Gasteiger partial charge in [0.15, 0.2) is 0 Å². The highest BCUT2D eigenvalue weighted by Gasteiger charge is 2.18. The summed E-state index contributed by atoms with van der Waals surface area (Å²) in [5.41, 5.74) is 6.97. The first-order valence-electron chi connectivity index (χ1n) is 5.91. The van der Waals surface area contributed by atoms with Gasteiger partial charge in [-0.3, -0.25) is 4.90 Å². The lowest BCUT2D eigenvalue weighted by molar-refractivity contribution is 0.0348. The van der Waals surface area contributed by atoms with Crippen LogP contribution in [0.2, 0.25) is 0 Å². The summed E-state index contributed by atoms with van der Waals surface area (Å²) < 4.78 is 5.97. The lowest BCUT2D eigenvalue weighted by Gasteiger charge is -2.29. The van der Waals surface area contributed by atoms with E-state index >= 15 is 0 Å². The van der Waals surface area contributed by atoms with Gasteiger partial charge in [0.25, 0.3) is 0 Å². The fourth-order valence-electron chi connectivity index (χ4n) is 1.96. The van der Waals surface area contributed by atoms with Gasteiger partial charge in [-0.25, -0.2) is 0 Å². The lowest BCUT2D eigenvalue weighted by Crippen LogP contribution is -2.37. The van der Waals surface area contributed by atoms with Crippen LogP contribution < -0.4 is 5.73 Å². The molecule has 0 amide bonds. The third kappa shape index (κ3) is 4.66. The van der Waals surface area contributed by atoms with Gasteiger partial charge in [0, 0.05) is 30.7 Å². The number of benzene rings is 1. The van der Waals surface area contributed by atoms with Crippen molar-refractivity contribution in [2.75, 3.05) is 33.9 Å². The molecule has 0 bridgehead atoms. The van der Waals surface area contributed by atoms with Crippen molar-refractivity contribution < 1.29 is 9.84 Å². The molecule has 18 heavy (non-hydrogen) atoms. The SMILES string of the molecule is COCC(O)CN(C)C(CN)c1ccc(Br)cc1. The topological polar surface area (TPSA) is 58.7 Å². The van der Waals surface area contributed by atoms with E-state index in [4.69, 9.17) is 10.5 Å². The van der Waals surface area contributed by atoms with E-state index in [1.165, 1.54) is 0 Å². The molecule has 4 nitrogen and oxygen atoms in total. The molecule has 0 fully saturated rings. The molecule has 102 valence electrons. The fourth-order valence-corrected chi connectivity index (χ4v) is 2.22. The number of halogens is 1. The zero-order valence-corrected chi connectivity index (χ0v) is 12.4. The van der Waals surface area contributed by atoms with Gasteiger partial charge in [-0.1, -0.05) is 28.1 Å². The number of hydrogen-bond donors (Lipinski definition) is 2. The molecule has 0 saturated heterocycles. The molecule has 0 radical (unpaired) electrons. The number of nitrogens with zero attached hydrogens (tertiary/aromatic N) is 1. The molecule has 0 aliphatic rings. The van der Waals surface area contributed by atoms with Crippen molar-refractivity contribution in [1.82, 2.24) is 4.90 Å². The second-order valence-corrected chi connectivity index (χ2v) is 5.27. The maximum Gasteiger partial charge on any atom is 0.0900 e. The van der Waals surface area contributed by atoms with Crippen molar-refractivity contribution in [3.63, 3.8) is 0 Å². The maximum atomic E-state index is 9.74. The van der Waals surface area contributed by atoms with Crippen LogP contribution in [0.4, 0.5) is 0 Å². The zero-order valence-electron chi connectivity index (χ0n) is 10.8. The number of aliphatic hydroxyl groups excluding tert-OH is 1. The molecule has 1 rings (SSSR count). The summed E-state index contributed by atoms with van der Waals surface area (Å²) in [6, 6.07) is 8.18. The molecule has 0 saturated carbocycles.